The van der Waals surface area contributed by atoms with E-state index >= 15 is 0 Å². The lowest BCUT2D eigenvalue weighted by Crippen LogP contribution is -2.14. The number of nitrogens with zero attached hydrogens (tertiary/aromatic N) is 2. The first-order valence-corrected chi connectivity index (χ1v) is 6.12. The van der Waals surface area contributed by atoms with E-state index in [0.717, 1.165) is 0 Å². The molecule has 4 nitrogen and oxygen atoms in total. The molecule has 0 fully saturated rings. The molecule has 0 atom stereocenters. The Balaban J connectivity index is 3.51. The van der Waals surface area contributed by atoms with Crippen molar-refractivity contribution in [2.24, 2.45) is 0 Å². The zero-order valence-corrected chi connectivity index (χ0v) is 11.0. The first-order chi connectivity index (χ1) is 8.56. The maximum Gasteiger partial charge on any atom is 0.339 e. The van der Waals surface area contributed by atoms with Gasteiger partial charge in [-0.05, 0) is 12.5 Å². The Morgan fingerprint density at radius 2 is 2.33 bits per heavy atom. The van der Waals surface area contributed by atoms with Gasteiger partial charge in [-0.2, -0.15) is 5.26 Å². The van der Waals surface area contributed by atoms with Gasteiger partial charge in [0.1, 0.15) is 11.8 Å². The SMILES string of the molecule is CCOC(=O)c1c(CBr)cnc(C#N)c1C(F)F. The second-order valence-corrected chi connectivity index (χ2v) is 3.75. The lowest BCUT2D eigenvalue weighted by molar-refractivity contribution is 0.0514. The van der Waals surface area contributed by atoms with Gasteiger partial charge in [0, 0.05) is 11.5 Å². The van der Waals surface area contributed by atoms with Crippen molar-refractivity contribution in [1.82, 2.24) is 4.98 Å². The van der Waals surface area contributed by atoms with Crippen molar-refractivity contribution < 1.29 is 18.3 Å². The summed E-state index contributed by atoms with van der Waals surface area (Å²) in [5.41, 5.74) is -1.15. The Kier molecular flexibility index (Phi) is 5.16. The number of carbonyl (C=O) groups excluding carboxylic acids is 1. The molecule has 0 N–H and O–H groups in total. The maximum atomic E-state index is 13.0. The number of rotatable bonds is 4. The van der Waals surface area contributed by atoms with Crippen molar-refractivity contribution in [3.05, 3.63) is 28.6 Å². The number of aromatic nitrogens is 1. The van der Waals surface area contributed by atoms with E-state index in [1.165, 1.54) is 6.20 Å². The molecule has 18 heavy (non-hydrogen) atoms. The smallest absolute Gasteiger partial charge is 0.339 e. The zero-order chi connectivity index (χ0) is 13.7. The Bertz CT molecular complexity index is 501. The third kappa shape index (κ3) is 2.82. The molecular formula is C11H9BrF2N2O2. The molecule has 1 aromatic heterocycles. The third-order valence-electron chi connectivity index (χ3n) is 2.14. The first kappa shape index (κ1) is 14.5. The molecule has 1 heterocycles. The molecule has 0 aliphatic heterocycles. The summed E-state index contributed by atoms with van der Waals surface area (Å²) >= 11 is 3.08. The van der Waals surface area contributed by atoms with Crippen LogP contribution in [0.15, 0.2) is 6.20 Å². The normalized spacial score (nSPS) is 10.2. The molecule has 1 aromatic rings. The van der Waals surface area contributed by atoms with E-state index in [1.807, 2.05) is 0 Å². The minimum atomic E-state index is -2.97. The van der Waals surface area contributed by atoms with Crippen LogP contribution in [0, 0.1) is 11.3 Å². The molecule has 0 saturated carbocycles. The highest BCUT2D eigenvalue weighted by atomic mass is 79.9. The molecular weight excluding hydrogens is 310 g/mol. The van der Waals surface area contributed by atoms with Crippen LogP contribution < -0.4 is 0 Å². The second-order valence-electron chi connectivity index (χ2n) is 3.19. The average Bonchev–Trinajstić information content (AvgIpc) is 2.36. The fourth-order valence-electron chi connectivity index (χ4n) is 1.42. The number of carbonyl (C=O) groups is 1. The van der Waals surface area contributed by atoms with Crippen molar-refractivity contribution in [2.45, 2.75) is 18.7 Å². The number of pyridine rings is 1. The van der Waals surface area contributed by atoms with Crippen LogP contribution in [0.25, 0.3) is 0 Å². The van der Waals surface area contributed by atoms with Gasteiger partial charge < -0.3 is 4.74 Å². The lowest BCUT2D eigenvalue weighted by Gasteiger charge is -2.12. The highest BCUT2D eigenvalue weighted by molar-refractivity contribution is 9.08. The summed E-state index contributed by atoms with van der Waals surface area (Å²) in [6.07, 6.45) is -1.75. The summed E-state index contributed by atoms with van der Waals surface area (Å²) in [5, 5.41) is 8.92. The molecule has 0 saturated heterocycles. The molecule has 96 valence electrons. The van der Waals surface area contributed by atoms with Gasteiger partial charge in [0.15, 0.2) is 0 Å². The van der Waals surface area contributed by atoms with Gasteiger partial charge in [-0.15, -0.1) is 0 Å². The molecule has 7 heteroatoms. The van der Waals surface area contributed by atoms with Crippen molar-refractivity contribution in [3.8, 4) is 6.07 Å². The Hall–Kier alpha value is -1.55. The Labute approximate surface area is 111 Å². The quantitative estimate of drug-likeness (QED) is 0.632. The molecule has 1 rings (SSSR count). The minimum Gasteiger partial charge on any atom is -0.462 e. The number of esters is 1. The minimum absolute atomic E-state index is 0.0629. The molecule has 0 aliphatic rings. The highest BCUT2D eigenvalue weighted by Gasteiger charge is 2.27. The highest BCUT2D eigenvalue weighted by Crippen LogP contribution is 2.29. The van der Waals surface area contributed by atoms with Crippen molar-refractivity contribution in [3.63, 3.8) is 0 Å². The maximum absolute atomic E-state index is 13.0. The summed E-state index contributed by atoms with van der Waals surface area (Å²) in [7, 11) is 0. The van der Waals surface area contributed by atoms with Crippen molar-refractivity contribution in [1.29, 1.82) is 5.26 Å². The van der Waals surface area contributed by atoms with Crippen molar-refractivity contribution in [2.75, 3.05) is 6.61 Å². The van der Waals surface area contributed by atoms with Gasteiger partial charge in [-0.1, -0.05) is 15.9 Å². The number of hydrogen-bond acceptors (Lipinski definition) is 4. The topological polar surface area (TPSA) is 63.0 Å². The van der Waals surface area contributed by atoms with Gasteiger partial charge in [0.25, 0.3) is 6.43 Å². The summed E-state index contributed by atoms with van der Waals surface area (Å²) in [6, 6.07) is 1.55. The number of ether oxygens (including phenoxy) is 1. The van der Waals surface area contributed by atoms with E-state index in [-0.39, 0.29) is 23.1 Å². The van der Waals surface area contributed by atoms with Gasteiger partial charge in [0.05, 0.1) is 17.7 Å². The fourth-order valence-corrected chi connectivity index (χ4v) is 1.84. The predicted octanol–water partition coefficient (Wildman–Crippen LogP) is 2.96. The number of nitriles is 1. The van der Waals surface area contributed by atoms with Crippen LogP contribution >= 0.6 is 15.9 Å². The summed E-state index contributed by atoms with van der Waals surface area (Å²) in [6.45, 7) is 1.63. The van der Waals surface area contributed by atoms with Gasteiger partial charge in [-0.3, -0.25) is 0 Å². The van der Waals surface area contributed by atoms with Crippen LogP contribution in [0.2, 0.25) is 0 Å². The fraction of sp³-hybridized carbons (Fsp3) is 0.364. The van der Waals surface area contributed by atoms with E-state index in [9.17, 15) is 13.6 Å². The van der Waals surface area contributed by atoms with Crippen LogP contribution in [-0.4, -0.2) is 17.6 Å². The third-order valence-corrected chi connectivity index (χ3v) is 2.75. The number of alkyl halides is 3. The van der Waals surface area contributed by atoms with Crippen LogP contribution in [-0.2, 0) is 10.1 Å². The van der Waals surface area contributed by atoms with E-state index in [4.69, 9.17) is 10.00 Å². The van der Waals surface area contributed by atoms with Crippen LogP contribution in [0.1, 0.15) is 40.5 Å². The van der Waals surface area contributed by atoms with Gasteiger partial charge >= 0.3 is 5.97 Å². The summed E-state index contributed by atoms with van der Waals surface area (Å²) < 4.78 is 30.7. The van der Waals surface area contributed by atoms with Crippen LogP contribution in [0.3, 0.4) is 0 Å². The van der Waals surface area contributed by atoms with E-state index < -0.39 is 23.7 Å². The molecule has 0 spiro atoms. The van der Waals surface area contributed by atoms with Crippen molar-refractivity contribution >= 4 is 21.9 Å². The summed E-state index contributed by atoms with van der Waals surface area (Å²) in [5.74, 6) is -0.874. The second kappa shape index (κ2) is 6.40. The van der Waals surface area contributed by atoms with E-state index in [1.54, 1.807) is 13.0 Å². The van der Waals surface area contributed by atoms with E-state index in [2.05, 4.69) is 20.9 Å². The summed E-state index contributed by atoms with van der Waals surface area (Å²) in [4.78, 5) is 15.3. The Morgan fingerprint density at radius 3 is 2.78 bits per heavy atom. The first-order valence-electron chi connectivity index (χ1n) is 4.99. The molecule has 0 radical (unpaired) electrons. The largest absolute Gasteiger partial charge is 0.462 e. The molecule has 0 unspecified atom stereocenters. The molecule has 0 aromatic carbocycles. The molecule has 0 bridgehead atoms. The Morgan fingerprint density at radius 1 is 1.67 bits per heavy atom. The van der Waals surface area contributed by atoms with Crippen LogP contribution in [0.4, 0.5) is 8.78 Å². The molecule has 0 amide bonds. The lowest BCUT2D eigenvalue weighted by atomic mass is 10.0. The standard InChI is InChI=1S/C11H9BrF2N2O2/c1-2-18-11(17)8-6(3-12)5-16-7(4-15)9(8)10(13)14/h5,10H,2-3H2,1H3. The average molecular weight is 319 g/mol. The van der Waals surface area contributed by atoms with Crippen LogP contribution in [0.5, 0.6) is 0 Å². The predicted molar refractivity (Wildman–Crippen MR) is 62.5 cm³/mol. The van der Waals surface area contributed by atoms with Gasteiger partial charge in [-0.25, -0.2) is 18.6 Å². The monoisotopic (exact) mass is 318 g/mol. The molecule has 0 aliphatic carbocycles. The zero-order valence-electron chi connectivity index (χ0n) is 9.41. The van der Waals surface area contributed by atoms with E-state index in [0.29, 0.717) is 0 Å². The van der Waals surface area contributed by atoms with Gasteiger partial charge in [0.2, 0.25) is 0 Å². The number of hydrogen-bond donors (Lipinski definition) is 0. The number of halogens is 3.